The summed E-state index contributed by atoms with van der Waals surface area (Å²) < 4.78 is 0. The minimum atomic E-state index is -0.741. The fourth-order valence-corrected chi connectivity index (χ4v) is 2.86. The Hall–Kier alpha value is -1.06. The molecule has 2 atom stereocenters. The smallest absolute Gasteiger partial charge is 0.306 e. The van der Waals surface area contributed by atoms with Crippen LogP contribution < -0.4 is 0 Å². The molecule has 2 saturated carbocycles. The molecule has 0 spiro atoms. The lowest BCUT2D eigenvalue weighted by Crippen LogP contribution is -2.37. The molecule has 0 bridgehead atoms. The van der Waals surface area contributed by atoms with E-state index in [2.05, 4.69) is 6.92 Å². The number of carbonyl (C=O) groups excluding carboxylic acids is 1. The fourth-order valence-electron chi connectivity index (χ4n) is 2.86. The van der Waals surface area contributed by atoms with Gasteiger partial charge in [0.25, 0.3) is 0 Å². The summed E-state index contributed by atoms with van der Waals surface area (Å²) in [5, 5.41) is 8.99. The second-order valence-corrected chi connectivity index (χ2v) is 5.77. The number of rotatable bonds is 6. The van der Waals surface area contributed by atoms with Gasteiger partial charge in [0.2, 0.25) is 5.91 Å². The predicted octanol–water partition coefficient (Wildman–Crippen LogP) is 2.14. The summed E-state index contributed by atoms with van der Waals surface area (Å²) in [5.74, 6) is -0.182. The van der Waals surface area contributed by atoms with Crippen LogP contribution in [0.5, 0.6) is 0 Å². The first kappa shape index (κ1) is 13.4. The van der Waals surface area contributed by atoms with Gasteiger partial charge in [0, 0.05) is 19.0 Å². The average Bonchev–Trinajstić information content (AvgIpc) is 3.01. The first-order chi connectivity index (χ1) is 8.61. The van der Waals surface area contributed by atoms with Gasteiger partial charge in [0.05, 0.1) is 5.92 Å². The van der Waals surface area contributed by atoms with Crippen molar-refractivity contribution in [2.75, 3.05) is 13.1 Å². The largest absolute Gasteiger partial charge is 0.481 e. The molecule has 18 heavy (non-hydrogen) atoms. The second kappa shape index (κ2) is 5.72. The van der Waals surface area contributed by atoms with Gasteiger partial charge < -0.3 is 10.0 Å². The topological polar surface area (TPSA) is 57.6 Å². The van der Waals surface area contributed by atoms with Crippen LogP contribution in [0.4, 0.5) is 0 Å². The van der Waals surface area contributed by atoms with Gasteiger partial charge in [-0.3, -0.25) is 9.59 Å². The molecule has 0 unspecified atom stereocenters. The first-order valence-electron chi connectivity index (χ1n) is 7.13. The van der Waals surface area contributed by atoms with Gasteiger partial charge in [-0.15, -0.1) is 0 Å². The third-order valence-corrected chi connectivity index (χ3v) is 4.11. The highest BCUT2D eigenvalue weighted by Crippen LogP contribution is 2.34. The molecular weight excluding hydrogens is 230 g/mol. The number of hydrogen-bond donors (Lipinski definition) is 1. The zero-order chi connectivity index (χ0) is 13.1. The Bertz CT molecular complexity index is 325. The molecule has 0 aromatic rings. The number of nitrogens with zero attached hydrogens (tertiary/aromatic N) is 1. The van der Waals surface area contributed by atoms with Crippen molar-refractivity contribution in [1.29, 1.82) is 0 Å². The van der Waals surface area contributed by atoms with Gasteiger partial charge in [-0.25, -0.2) is 0 Å². The Kier molecular flexibility index (Phi) is 4.25. The Morgan fingerprint density at radius 3 is 2.33 bits per heavy atom. The number of carboxylic acid groups (broad SMARTS) is 1. The molecule has 4 nitrogen and oxygen atoms in total. The molecule has 2 aliphatic carbocycles. The third kappa shape index (κ3) is 3.24. The van der Waals surface area contributed by atoms with Crippen LogP contribution in [0.25, 0.3) is 0 Å². The Labute approximate surface area is 108 Å². The summed E-state index contributed by atoms with van der Waals surface area (Å²) in [6.07, 6.45) is 5.42. The normalized spacial score (nSPS) is 27.2. The highest BCUT2D eigenvalue weighted by atomic mass is 16.4. The second-order valence-electron chi connectivity index (χ2n) is 5.77. The lowest BCUT2D eigenvalue weighted by Gasteiger charge is -2.25. The molecule has 0 radical (unpaired) electrons. The molecule has 2 fully saturated rings. The molecule has 0 aromatic heterocycles. The molecule has 4 heteroatoms. The van der Waals surface area contributed by atoms with E-state index in [1.807, 2.05) is 4.90 Å². The van der Waals surface area contributed by atoms with E-state index in [4.69, 9.17) is 5.11 Å². The maximum atomic E-state index is 12.4. The van der Waals surface area contributed by atoms with Gasteiger partial charge >= 0.3 is 5.97 Å². The van der Waals surface area contributed by atoms with Crippen molar-refractivity contribution >= 4 is 11.9 Å². The zero-order valence-electron chi connectivity index (χ0n) is 11.1. The predicted molar refractivity (Wildman–Crippen MR) is 68.1 cm³/mol. The van der Waals surface area contributed by atoms with Crippen molar-refractivity contribution < 1.29 is 14.7 Å². The van der Waals surface area contributed by atoms with Gasteiger partial charge in [-0.05, 0) is 44.4 Å². The van der Waals surface area contributed by atoms with Crippen molar-refractivity contribution in [2.24, 2.45) is 17.8 Å². The van der Waals surface area contributed by atoms with Crippen molar-refractivity contribution in [2.45, 2.75) is 45.4 Å². The van der Waals surface area contributed by atoms with Crippen molar-refractivity contribution in [3.05, 3.63) is 0 Å². The summed E-state index contributed by atoms with van der Waals surface area (Å²) in [7, 11) is 0. The van der Waals surface area contributed by atoms with E-state index in [1.165, 1.54) is 12.8 Å². The molecule has 1 N–H and O–H groups in total. The maximum absolute atomic E-state index is 12.4. The summed E-state index contributed by atoms with van der Waals surface area (Å²) in [5.41, 5.74) is 0. The minimum absolute atomic E-state index is 0.0450. The van der Waals surface area contributed by atoms with Crippen LogP contribution in [0.1, 0.15) is 45.4 Å². The molecule has 2 rings (SSSR count). The lowest BCUT2D eigenvalue weighted by atomic mass is 10.0. The quantitative estimate of drug-likeness (QED) is 0.789. The highest BCUT2D eigenvalue weighted by molar-refractivity contribution is 5.81. The number of aliphatic carboxylic acids is 1. The number of hydrogen-bond acceptors (Lipinski definition) is 2. The van der Waals surface area contributed by atoms with Gasteiger partial charge in [-0.1, -0.05) is 6.92 Å². The molecule has 0 saturated heterocycles. The van der Waals surface area contributed by atoms with Crippen LogP contribution >= 0.6 is 0 Å². The summed E-state index contributed by atoms with van der Waals surface area (Å²) in [6.45, 7) is 3.80. The standard InChI is InChI=1S/C14H23NO3/c1-2-7-15(9-10-3-4-10)13(16)11-5-6-12(8-11)14(17)18/h10-12H,2-9H2,1H3,(H,17,18)/t11-,12+/m1/s1. The molecular formula is C14H23NO3. The zero-order valence-corrected chi connectivity index (χ0v) is 11.1. The maximum Gasteiger partial charge on any atom is 0.306 e. The molecule has 1 amide bonds. The minimum Gasteiger partial charge on any atom is -0.481 e. The van der Waals surface area contributed by atoms with Crippen molar-refractivity contribution in [1.82, 2.24) is 4.90 Å². The van der Waals surface area contributed by atoms with E-state index >= 15 is 0 Å². The molecule has 0 aliphatic heterocycles. The lowest BCUT2D eigenvalue weighted by molar-refractivity contribution is -0.141. The van der Waals surface area contributed by atoms with Crippen LogP contribution in [-0.2, 0) is 9.59 Å². The van der Waals surface area contributed by atoms with E-state index < -0.39 is 5.97 Å². The van der Waals surface area contributed by atoms with E-state index in [0.717, 1.165) is 25.9 Å². The average molecular weight is 253 g/mol. The number of carboxylic acids is 1. The van der Waals surface area contributed by atoms with Crippen LogP contribution in [0.3, 0.4) is 0 Å². The SMILES string of the molecule is CCCN(CC1CC1)C(=O)[C@@H]1CC[C@H](C(=O)O)C1. The Balaban J connectivity index is 1.89. The Morgan fingerprint density at radius 1 is 1.17 bits per heavy atom. The molecule has 2 aliphatic rings. The Morgan fingerprint density at radius 2 is 1.83 bits per heavy atom. The molecule has 0 aromatic carbocycles. The first-order valence-corrected chi connectivity index (χ1v) is 7.13. The van der Waals surface area contributed by atoms with Crippen LogP contribution in [-0.4, -0.2) is 35.0 Å². The van der Waals surface area contributed by atoms with Crippen molar-refractivity contribution in [3.8, 4) is 0 Å². The number of amides is 1. The van der Waals surface area contributed by atoms with Gasteiger partial charge in [0.15, 0.2) is 0 Å². The third-order valence-electron chi connectivity index (χ3n) is 4.11. The van der Waals surface area contributed by atoms with E-state index in [0.29, 0.717) is 18.8 Å². The van der Waals surface area contributed by atoms with Crippen LogP contribution in [0, 0.1) is 17.8 Å². The van der Waals surface area contributed by atoms with Gasteiger partial charge in [-0.2, -0.15) is 0 Å². The van der Waals surface area contributed by atoms with Crippen LogP contribution in [0.15, 0.2) is 0 Å². The summed E-state index contributed by atoms with van der Waals surface area (Å²) in [6, 6.07) is 0. The van der Waals surface area contributed by atoms with Crippen molar-refractivity contribution in [3.63, 3.8) is 0 Å². The van der Waals surface area contributed by atoms with Gasteiger partial charge in [0.1, 0.15) is 0 Å². The van der Waals surface area contributed by atoms with E-state index in [1.54, 1.807) is 0 Å². The molecule has 0 heterocycles. The highest BCUT2D eigenvalue weighted by Gasteiger charge is 2.37. The summed E-state index contributed by atoms with van der Waals surface area (Å²) >= 11 is 0. The number of carbonyl (C=O) groups is 2. The summed E-state index contributed by atoms with van der Waals surface area (Å²) in [4.78, 5) is 25.3. The molecule has 102 valence electrons. The van der Waals surface area contributed by atoms with E-state index in [9.17, 15) is 9.59 Å². The monoisotopic (exact) mass is 253 g/mol. The van der Waals surface area contributed by atoms with E-state index in [-0.39, 0.29) is 17.7 Å². The fraction of sp³-hybridized carbons (Fsp3) is 0.857. The van der Waals surface area contributed by atoms with Crippen LogP contribution in [0.2, 0.25) is 0 Å².